The van der Waals surface area contributed by atoms with Crippen molar-refractivity contribution in [1.29, 1.82) is 0 Å². The summed E-state index contributed by atoms with van der Waals surface area (Å²) in [6.45, 7) is 6.70. The van der Waals surface area contributed by atoms with Gasteiger partial charge in [0, 0.05) is 12.8 Å². The average molecular weight is 368 g/mol. The minimum atomic E-state index is 0.179. The van der Waals surface area contributed by atoms with E-state index in [1.165, 1.54) is 11.1 Å². The van der Waals surface area contributed by atoms with Crippen LogP contribution in [0, 0.1) is 0 Å². The van der Waals surface area contributed by atoms with Crippen LogP contribution in [0.5, 0.6) is 5.75 Å². The predicted molar refractivity (Wildman–Crippen MR) is 108 cm³/mol. The van der Waals surface area contributed by atoms with Crippen LogP contribution in [-0.4, -0.2) is 21.9 Å². The lowest BCUT2D eigenvalue weighted by Crippen LogP contribution is -2.10. The maximum Gasteiger partial charge on any atom is 0.191 e. The number of ether oxygens (including phenoxy) is 1. The van der Waals surface area contributed by atoms with Crippen LogP contribution in [0.1, 0.15) is 31.9 Å². The van der Waals surface area contributed by atoms with Crippen molar-refractivity contribution >= 4 is 11.8 Å². The Balaban J connectivity index is 1.75. The van der Waals surface area contributed by atoms with Gasteiger partial charge >= 0.3 is 0 Å². The molecule has 26 heavy (non-hydrogen) atoms. The van der Waals surface area contributed by atoms with E-state index in [1.807, 2.05) is 35.9 Å². The molecule has 0 bridgehead atoms. The highest BCUT2D eigenvalue weighted by molar-refractivity contribution is 7.98. The highest BCUT2D eigenvalue weighted by atomic mass is 32.2. The van der Waals surface area contributed by atoms with E-state index in [0.29, 0.717) is 0 Å². The van der Waals surface area contributed by atoms with Crippen molar-refractivity contribution in [3.8, 4) is 17.1 Å². The van der Waals surface area contributed by atoms with E-state index in [9.17, 15) is 0 Å². The number of methoxy groups -OCH3 is 1. The topological polar surface area (TPSA) is 39.9 Å². The van der Waals surface area contributed by atoms with Gasteiger partial charge in [-0.2, -0.15) is 0 Å². The number of hydrogen-bond donors (Lipinski definition) is 0. The van der Waals surface area contributed by atoms with Gasteiger partial charge in [-0.1, -0.05) is 68.9 Å². The first-order valence-electron chi connectivity index (χ1n) is 8.65. The molecule has 0 saturated heterocycles. The lowest BCUT2D eigenvalue weighted by Gasteiger charge is -2.19. The third kappa shape index (κ3) is 3.93. The highest BCUT2D eigenvalue weighted by Crippen LogP contribution is 2.31. The molecule has 0 aliphatic carbocycles. The molecule has 136 valence electrons. The second kappa shape index (κ2) is 7.54. The molecule has 0 aliphatic rings. The molecule has 0 aliphatic heterocycles. The second-order valence-electron chi connectivity index (χ2n) is 7.30. The van der Waals surface area contributed by atoms with Crippen LogP contribution in [0.4, 0.5) is 0 Å². The Morgan fingerprint density at radius 3 is 2.35 bits per heavy atom. The van der Waals surface area contributed by atoms with Gasteiger partial charge in [-0.05, 0) is 28.7 Å². The summed E-state index contributed by atoms with van der Waals surface area (Å²) in [6, 6.07) is 16.7. The fraction of sp³-hybridized carbons (Fsp3) is 0.333. The number of hydrogen-bond acceptors (Lipinski definition) is 4. The monoisotopic (exact) mass is 367 g/mol. The van der Waals surface area contributed by atoms with Gasteiger partial charge in [0.05, 0.1) is 12.7 Å². The molecule has 3 aromatic rings. The van der Waals surface area contributed by atoms with E-state index >= 15 is 0 Å². The quantitative estimate of drug-likeness (QED) is 0.590. The zero-order chi connectivity index (χ0) is 18.7. The molecule has 5 heteroatoms. The zero-order valence-corrected chi connectivity index (χ0v) is 16.8. The van der Waals surface area contributed by atoms with Crippen LogP contribution in [0.2, 0.25) is 0 Å². The second-order valence-corrected chi connectivity index (χ2v) is 8.24. The largest absolute Gasteiger partial charge is 0.496 e. The van der Waals surface area contributed by atoms with E-state index in [2.05, 4.69) is 55.2 Å². The lowest BCUT2D eigenvalue weighted by atomic mass is 9.87. The molecule has 0 N–H and O–H groups in total. The molecule has 4 nitrogen and oxygen atoms in total. The molecular weight excluding hydrogens is 342 g/mol. The van der Waals surface area contributed by atoms with Gasteiger partial charge in [-0.3, -0.25) is 0 Å². The van der Waals surface area contributed by atoms with Crippen LogP contribution in [-0.2, 0) is 18.2 Å². The molecule has 2 aromatic carbocycles. The van der Waals surface area contributed by atoms with Gasteiger partial charge in [0.2, 0.25) is 0 Å². The standard InChI is InChI=1S/C21H25N3OS/c1-21(2,3)16-12-10-15(11-13-16)14-26-20-23-22-19(24(20)4)17-8-6-7-9-18(17)25-5/h6-13H,14H2,1-5H3. The summed E-state index contributed by atoms with van der Waals surface area (Å²) in [4.78, 5) is 0. The molecule has 0 spiro atoms. The smallest absolute Gasteiger partial charge is 0.191 e. The number of nitrogens with zero attached hydrogens (tertiary/aromatic N) is 3. The molecular formula is C21H25N3OS. The summed E-state index contributed by atoms with van der Waals surface area (Å²) < 4.78 is 7.46. The van der Waals surface area contributed by atoms with Crippen molar-refractivity contribution in [2.75, 3.05) is 7.11 Å². The molecule has 0 radical (unpaired) electrons. The summed E-state index contributed by atoms with van der Waals surface area (Å²) in [6.07, 6.45) is 0. The van der Waals surface area contributed by atoms with Crippen molar-refractivity contribution in [3.05, 3.63) is 59.7 Å². The minimum absolute atomic E-state index is 0.179. The Kier molecular flexibility index (Phi) is 5.37. The van der Waals surface area contributed by atoms with Crippen molar-refractivity contribution in [2.24, 2.45) is 7.05 Å². The SMILES string of the molecule is COc1ccccc1-c1nnc(SCc2ccc(C(C)(C)C)cc2)n1C. The Labute approximate surface area is 159 Å². The van der Waals surface area contributed by atoms with E-state index in [0.717, 1.165) is 28.0 Å². The molecule has 0 saturated carbocycles. The fourth-order valence-corrected chi connectivity index (χ4v) is 3.62. The van der Waals surface area contributed by atoms with Gasteiger partial charge < -0.3 is 9.30 Å². The maximum absolute atomic E-state index is 5.44. The average Bonchev–Trinajstić information content (AvgIpc) is 3.00. The third-order valence-corrected chi connectivity index (χ3v) is 5.46. The first-order valence-corrected chi connectivity index (χ1v) is 9.63. The molecule has 0 fully saturated rings. The summed E-state index contributed by atoms with van der Waals surface area (Å²) in [5.74, 6) is 2.48. The molecule has 1 heterocycles. The summed E-state index contributed by atoms with van der Waals surface area (Å²) in [7, 11) is 3.67. The summed E-state index contributed by atoms with van der Waals surface area (Å²) in [5.41, 5.74) is 3.76. The lowest BCUT2D eigenvalue weighted by molar-refractivity contribution is 0.416. The summed E-state index contributed by atoms with van der Waals surface area (Å²) >= 11 is 1.69. The number of aromatic nitrogens is 3. The maximum atomic E-state index is 5.44. The Bertz CT molecular complexity index is 879. The van der Waals surface area contributed by atoms with Gasteiger partial charge in [-0.25, -0.2) is 0 Å². The van der Waals surface area contributed by atoms with Gasteiger partial charge in [0.15, 0.2) is 11.0 Å². The van der Waals surface area contributed by atoms with Crippen LogP contribution in [0.25, 0.3) is 11.4 Å². The van der Waals surface area contributed by atoms with Crippen molar-refractivity contribution in [3.63, 3.8) is 0 Å². The van der Waals surface area contributed by atoms with E-state index < -0.39 is 0 Å². The number of rotatable bonds is 5. The van der Waals surface area contributed by atoms with Gasteiger partial charge in [0.1, 0.15) is 5.75 Å². The van der Waals surface area contributed by atoms with E-state index in [1.54, 1.807) is 18.9 Å². The van der Waals surface area contributed by atoms with Crippen LogP contribution in [0.3, 0.4) is 0 Å². The molecule has 3 rings (SSSR count). The predicted octanol–water partition coefficient (Wildman–Crippen LogP) is 5.08. The first kappa shape index (κ1) is 18.5. The van der Waals surface area contributed by atoms with Gasteiger partial charge in [0.25, 0.3) is 0 Å². The summed E-state index contributed by atoms with van der Waals surface area (Å²) in [5, 5.41) is 9.62. The fourth-order valence-electron chi connectivity index (χ4n) is 2.75. The number of thioether (sulfide) groups is 1. The number of benzene rings is 2. The first-order chi connectivity index (χ1) is 12.4. The van der Waals surface area contributed by atoms with Crippen molar-refractivity contribution < 1.29 is 4.74 Å². The van der Waals surface area contributed by atoms with Crippen molar-refractivity contribution in [1.82, 2.24) is 14.8 Å². The van der Waals surface area contributed by atoms with Crippen LogP contribution >= 0.6 is 11.8 Å². The van der Waals surface area contributed by atoms with Crippen molar-refractivity contribution in [2.45, 2.75) is 37.1 Å². The van der Waals surface area contributed by atoms with Crippen LogP contribution < -0.4 is 4.74 Å². The zero-order valence-electron chi connectivity index (χ0n) is 16.0. The Morgan fingerprint density at radius 2 is 1.69 bits per heavy atom. The normalized spacial score (nSPS) is 11.6. The molecule has 1 aromatic heterocycles. The minimum Gasteiger partial charge on any atom is -0.496 e. The van der Waals surface area contributed by atoms with E-state index in [-0.39, 0.29) is 5.41 Å². The Morgan fingerprint density at radius 1 is 1.00 bits per heavy atom. The van der Waals surface area contributed by atoms with Gasteiger partial charge in [-0.15, -0.1) is 10.2 Å². The Hall–Kier alpha value is -2.27. The third-order valence-electron chi connectivity index (χ3n) is 4.37. The highest BCUT2D eigenvalue weighted by Gasteiger charge is 2.15. The number of para-hydroxylation sites is 1. The molecule has 0 atom stereocenters. The molecule has 0 amide bonds. The van der Waals surface area contributed by atoms with E-state index in [4.69, 9.17) is 4.74 Å². The molecule has 0 unspecified atom stereocenters. The van der Waals surface area contributed by atoms with Crippen LogP contribution in [0.15, 0.2) is 53.7 Å².